The largest absolute Gasteiger partial charge is 0.409 e. The first-order valence-electron chi connectivity index (χ1n) is 6.81. The molecule has 1 aromatic rings. The van der Waals surface area contributed by atoms with Crippen molar-refractivity contribution in [3.63, 3.8) is 0 Å². The van der Waals surface area contributed by atoms with Crippen LogP contribution in [0.4, 0.5) is 0 Å². The molecule has 0 saturated carbocycles. The molecule has 19 heavy (non-hydrogen) atoms. The van der Waals surface area contributed by atoms with Crippen LogP contribution in [0.15, 0.2) is 28.3 Å². The van der Waals surface area contributed by atoms with Crippen LogP contribution in [0.25, 0.3) is 0 Å². The minimum absolute atomic E-state index is 0.138. The molecule has 0 saturated heterocycles. The quantitative estimate of drug-likeness (QED) is 0.343. The van der Waals surface area contributed by atoms with Crippen molar-refractivity contribution in [3.05, 3.63) is 34.2 Å². The van der Waals surface area contributed by atoms with Crippen molar-refractivity contribution in [1.82, 2.24) is 4.57 Å². The maximum atomic E-state index is 12.2. The van der Waals surface area contributed by atoms with Crippen LogP contribution >= 0.6 is 0 Å². The molecule has 0 fully saturated rings. The first-order valence-corrected chi connectivity index (χ1v) is 6.81. The van der Waals surface area contributed by atoms with E-state index in [0.29, 0.717) is 12.5 Å². The van der Waals surface area contributed by atoms with E-state index in [2.05, 4.69) is 19.0 Å². The third-order valence-corrected chi connectivity index (χ3v) is 3.40. The molecule has 0 aliphatic rings. The number of nitrogens with zero attached hydrogens (tertiary/aromatic N) is 2. The molecule has 5 heteroatoms. The molecule has 0 aromatic carbocycles. The SMILES string of the molecule is CCCCC(CC)Cn1cccc(/C(N)=N/O)c1=O. The normalized spacial score (nSPS) is 13.5. The Morgan fingerprint density at radius 2 is 2.26 bits per heavy atom. The summed E-state index contributed by atoms with van der Waals surface area (Å²) in [5.74, 6) is 0.348. The van der Waals surface area contributed by atoms with Crippen LogP contribution in [-0.2, 0) is 6.54 Å². The number of rotatable bonds is 7. The van der Waals surface area contributed by atoms with Crippen molar-refractivity contribution in [2.75, 3.05) is 0 Å². The van der Waals surface area contributed by atoms with Crippen molar-refractivity contribution >= 4 is 5.84 Å². The zero-order valence-corrected chi connectivity index (χ0v) is 11.7. The molecule has 106 valence electrons. The second-order valence-corrected chi connectivity index (χ2v) is 4.78. The first kappa shape index (κ1) is 15.3. The number of pyridine rings is 1. The summed E-state index contributed by atoms with van der Waals surface area (Å²) >= 11 is 0. The molecule has 0 aliphatic carbocycles. The van der Waals surface area contributed by atoms with Gasteiger partial charge in [0.1, 0.15) is 0 Å². The number of hydrogen-bond acceptors (Lipinski definition) is 3. The summed E-state index contributed by atoms with van der Waals surface area (Å²) in [5, 5.41) is 11.6. The average Bonchev–Trinajstić information content (AvgIpc) is 2.44. The molecular weight excluding hydrogens is 242 g/mol. The molecule has 1 heterocycles. The van der Waals surface area contributed by atoms with Gasteiger partial charge in [-0.2, -0.15) is 0 Å². The smallest absolute Gasteiger partial charge is 0.261 e. The van der Waals surface area contributed by atoms with Crippen LogP contribution in [0.5, 0.6) is 0 Å². The highest BCUT2D eigenvalue weighted by atomic mass is 16.4. The van der Waals surface area contributed by atoms with Crippen LogP contribution in [0, 0.1) is 5.92 Å². The van der Waals surface area contributed by atoms with E-state index in [9.17, 15) is 4.79 Å². The summed E-state index contributed by atoms with van der Waals surface area (Å²) in [6.07, 6.45) is 6.25. The molecule has 0 amide bonds. The highest BCUT2D eigenvalue weighted by Crippen LogP contribution is 2.14. The van der Waals surface area contributed by atoms with E-state index in [0.717, 1.165) is 19.3 Å². The van der Waals surface area contributed by atoms with Crippen molar-refractivity contribution < 1.29 is 5.21 Å². The Labute approximate surface area is 113 Å². The third-order valence-electron chi connectivity index (χ3n) is 3.40. The van der Waals surface area contributed by atoms with E-state index < -0.39 is 0 Å². The Balaban J connectivity index is 2.92. The van der Waals surface area contributed by atoms with Gasteiger partial charge in [-0.15, -0.1) is 0 Å². The minimum atomic E-state index is -0.201. The first-order chi connectivity index (χ1) is 9.13. The number of amidine groups is 1. The van der Waals surface area contributed by atoms with E-state index in [1.807, 2.05) is 0 Å². The highest BCUT2D eigenvalue weighted by Gasteiger charge is 2.11. The predicted octanol–water partition coefficient (Wildman–Crippen LogP) is 2.16. The summed E-state index contributed by atoms with van der Waals surface area (Å²) in [4.78, 5) is 12.2. The lowest BCUT2D eigenvalue weighted by atomic mass is 9.99. The lowest BCUT2D eigenvalue weighted by Gasteiger charge is -2.16. The van der Waals surface area contributed by atoms with Crippen molar-refractivity contribution in [1.29, 1.82) is 0 Å². The number of nitrogens with two attached hydrogens (primary N) is 1. The van der Waals surface area contributed by atoms with E-state index >= 15 is 0 Å². The monoisotopic (exact) mass is 265 g/mol. The minimum Gasteiger partial charge on any atom is -0.409 e. The molecule has 1 atom stereocenters. The van der Waals surface area contributed by atoms with Crippen LogP contribution in [-0.4, -0.2) is 15.6 Å². The number of oxime groups is 1. The van der Waals surface area contributed by atoms with Gasteiger partial charge in [-0.25, -0.2) is 0 Å². The Kier molecular flexibility index (Phi) is 6.12. The van der Waals surface area contributed by atoms with E-state index in [1.54, 1.807) is 22.9 Å². The van der Waals surface area contributed by atoms with Gasteiger partial charge < -0.3 is 15.5 Å². The lowest BCUT2D eigenvalue weighted by Crippen LogP contribution is -2.31. The number of unbranched alkanes of at least 4 members (excludes halogenated alkanes) is 1. The molecule has 1 aromatic heterocycles. The molecule has 0 spiro atoms. The van der Waals surface area contributed by atoms with E-state index in [4.69, 9.17) is 10.9 Å². The summed E-state index contributed by atoms with van der Waals surface area (Å²) in [6, 6.07) is 3.32. The van der Waals surface area contributed by atoms with Gasteiger partial charge in [0.15, 0.2) is 5.84 Å². The maximum Gasteiger partial charge on any atom is 0.261 e. The molecule has 0 aliphatic heterocycles. The standard InChI is InChI=1S/C14H23N3O2/c1-3-5-7-11(4-2)10-17-9-6-8-12(14(17)18)13(15)16-19/h6,8-9,11,19H,3-5,7,10H2,1-2H3,(H2,15,16). The van der Waals surface area contributed by atoms with Crippen molar-refractivity contribution in [2.45, 2.75) is 46.1 Å². The molecule has 3 N–H and O–H groups in total. The summed E-state index contributed by atoms with van der Waals surface area (Å²) in [5.41, 5.74) is 5.54. The fraction of sp³-hybridized carbons (Fsp3) is 0.571. The van der Waals surface area contributed by atoms with E-state index in [-0.39, 0.29) is 17.0 Å². The lowest BCUT2D eigenvalue weighted by molar-refractivity contribution is 0.318. The van der Waals surface area contributed by atoms with Crippen LogP contribution in [0.1, 0.15) is 45.1 Å². The van der Waals surface area contributed by atoms with Gasteiger partial charge in [0.2, 0.25) is 0 Å². The predicted molar refractivity (Wildman–Crippen MR) is 76.5 cm³/mol. The summed E-state index contributed by atoms with van der Waals surface area (Å²) < 4.78 is 1.65. The topological polar surface area (TPSA) is 80.6 Å². The molecule has 1 rings (SSSR count). The zero-order chi connectivity index (χ0) is 14.3. The van der Waals surface area contributed by atoms with E-state index in [1.165, 1.54) is 6.42 Å². The highest BCUT2D eigenvalue weighted by molar-refractivity contribution is 5.96. The molecule has 5 nitrogen and oxygen atoms in total. The van der Waals surface area contributed by atoms with Crippen molar-refractivity contribution in [2.24, 2.45) is 16.8 Å². The van der Waals surface area contributed by atoms with Gasteiger partial charge in [-0.05, 0) is 24.5 Å². The second kappa shape index (κ2) is 7.61. The maximum absolute atomic E-state index is 12.2. The summed E-state index contributed by atoms with van der Waals surface area (Å²) in [7, 11) is 0. The molecule has 0 bridgehead atoms. The Bertz CT molecular complexity index is 480. The Hall–Kier alpha value is -1.78. The van der Waals surface area contributed by atoms with Gasteiger partial charge in [0, 0.05) is 12.7 Å². The number of aromatic nitrogens is 1. The van der Waals surface area contributed by atoms with Gasteiger partial charge in [-0.3, -0.25) is 4.79 Å². The number of hydrogen-bond donors (Lipinski definition) is 2. The van der Waals surface area contributed by atoms with Crippen LogP contribution in [0.2, 0.25) is 0 Å². The van der Waals surface area contributed by atoms with Gasteiger partial charge in [0.25, 0.3) is 5.56 Å². The van der Waals surface area contributed by atoms with Gasteiger partial charge >= 0.3 is 0 Å². The van der Waals surface area contributed by atoms with Crippen molar-refractivity contribution in [3.8, 4) is 0 Å². The third kappa shape index (κ3) is 4.12. The summed E-state index contributed by atoms with van der Waals surface area (Å²) in [6.45, 7) is 4.98. The van der Waals surface area contributed by atoms with Gasteiger partial charge in [0.05, 0.1) is 5.56 Å². The van der Waals surface area contributed by atoms with Crippen LogP contribution in [0.3, 0.4) is 0 Å². The zero-order valence-electron chi connectivity index (χ0n) is 11.7. The fourth-order valence-corrected chi connectivity index (χ4v) is 2.12. The Morgan fingerprint density at radius 3 is 2.84 bits per heavy atom. The van der Waals surface area contributed by atoms with Crippen LogP contribution < -0.4 is 11.3 Å². The molecule has 0 radical (unpaired) electrons. The van der Waals surface area contributed by atoms with Gasteiger partial charge in [-0.1, -0.05) is 38.3 Å². The Morgan fingerprint density at radius 1 is 1.53 bits per heavy atom. The molecule has 1 unspecified atom stereocenters. The average molecular weight is 265 g/mol. The second-order valence-electron chi connectivity index (χ2n) is 4.78. The fourth-order valence-electron chi connectivity index (χ4n) is 2.12. The molecular formula is C14H23N3O2.